The zero-order valence-electron chi connectivity index (χ0n) is 11.5. The summed E-state index contributed by atoms with van der Waals surface area (Å²) in [5.74, 6) is 0.512. The fraction of sp³-hybridized carbons (Fsp3) is 0.769. The van der Waals surface area contributed by atoms with E-state index in [0.29, 0.717) is 12.5 Å². The average molecular weight is 255 g/mol. The first-order valence-corrected chi connectivity index (χ1v) is 7.36. The molecule has 1 rings (SSSR count). The van der Waals surface area contributed by atoms with Gasteiger partial charge in [-0.25, -0.2) is 4.98 Å². The van der Waals surface area contributed by atoms with Gasteiger partial charge in [-0.05, 0) is 18.8 Å². The van der Waals surface area contributed by atoms with Crippen LogP contribution >= 0.6 is 11.3 Å². The Balaban J connectivity index is 2.84. The lowest BCUT2D eigenvalue weighted by Gasteiger charge is -2.14. The summed E-state index contributed by atoms with van der Waals surface area (Å²) in [7, 11) is 2.12. The van der Waals surface area contributed by atoms with Crippen molar-refractivity contribution in [3.8, 4) is 0 Å². The van der Waals surface area contributed by atoms with Crippen LogP contribution < -0.4 is 10.6 Å². The molecule has 0 saturated carbocycles. The van der Waals surface area contributed by atoms with Gasteiger partial charge in [-0.15, -0.1) is 11.3 Å². The summed E-state index contributed by atoms with van der Waals surface area (Å²) in [6, 6.07) is 0. The molecule has 4 heteroatoms. The van der Waals surface area contributed by atoms with Gasteiger partial charge in [-0.1, -0.05) is 27.2 Å². The van der Waals surface area contributed by atoms with Crippen LogP contribution in [0.3, 0.4) is 0 Å². The van der Waals surface area contributed by atoms with E-state index >= 15 is 0 Å². The fourth-order valence-electron chi connectivity index (χ4n) is 1.73. The summed E-state index contributed by atoms with van der Waals surface area (Å²) in [6.45, 7) is 8.33. The number of hydrogen-bond acceptors (Lipinski definition) is 4. The van der Waals surface area contributed by atoms with E-state index in [2.05, 4.69) is 32.7 Å². The first-order valence-electron chi connectivity index (χ1n) is 6.54. The second-order valence-electron chi connectivity index (χ2n) is 4.59. The molecule has 0 aliphatic carbocycles. The fourth-order valence-corrected chi connectivity index (χ4v) is 2.78. The van der Waals surface area contributed by atoms with E-state index in [1.807, 2.05) is 0 Å². The van der Waals surface area contributed by atoms with Crippen LogP contribution in [0.5, 0.6) is 0 Å². The first-order chi connectivity index (χ1) is 8.13. The van der Waals surface area contributed by atoms with Gasteiger partial charge in [-0.3, -0.25) is 0 Å². The molecule has 0 saturated heterocycles. The van der Waals surface area contributed by atoms with Crippen LogP contribution in [0.4, 0.5) is 5.13 Å². The van der Waals surface area contributed by atoms with Crippen molar-refractivity contribution in [2.24, 2.45) is 5.73 Å². The number of hydrogen-bond donors (Lipinski definition) is 1. The van der Waals surface area contributed by atoms with Gasteiger partial charge >= 0.3 is 0 Å². The largest absolute Gasteiger partial charge is 0.351 e. The van der Waals surface area contributed by atoms with Gasteiger partial charge in [0.25, 0.3) is 0 Å². The van der Waals surface area contributed by atoms with Crippen molar-refractivity contribution in [3.05, 3.63) is 10.6 Å². The van der Waals surface area contributed by atoms with Gasteiger partial charge in [0.1, 0.15) is 0 Å². The lowest BCUT2D eigenvalue weighted by atomic mass is 10.0. The molecule has 98 valence electrons. The molecule has 1 atom stereocenters. The molecule has 1 heterocycles. The summed E-state index contributed by atoms with van der Waals surface area (Å²) >= 11 is 1.75. The Hall–Kier alpha value is -0.610. The van der Waals surface area contributed by atoms with Gasteiger partial charge in [0, 0.05) is 25.0 Å². The van der Waals surface area contributed by atoms with Crippen LogP contribution in [-0.2, 0) is 6.54 Å². The molecule has 0 aliphatic rings. The maximum Gasteiger partial charge on any atom is 0.185 e. The molecule has 17 heavy (non-hydrogen) atoms. The Labute approximate surface area is 109 Å². The molecule has 0 fully saturated rings. The number of rotatable bonds is 7. The summed E-state index contributed by atoms with van der Waals surface area (Å²) in [5.41, 5.74) is 7.02. The number of anilines is 1. The van der Waals surface area contributed by atoms with Crippen molar-refractivity contribution in [1.29, 1.82) is 0 Å². The quantitative estimate of drug-likeness (QED) is 0.812. The number of thiazole rings is 1. The molecule has 2 N–H and O–H groups in total. The highest BCUT2D eigenvalue weighted by Gasteiger charge is 2.16. The maximum atomic E-state index is 5.81. The predicted molar refractivity (Wildman–Crippen MR) is 76.9 cm³/mol. The van der Waals surface area contributed by atoms with Crippen molar-refractivity contribution in [1.82, 2.24) is 4.98 Å². The van der Waals surface area contributed by atoms with Crippen LogP contribution in [0.15, 0.2) is 0 Å². The Morgan fingerprint density at radius 1 is 1.41 bits per heavy atom. The van der Waals surface area contributed by atoms with E-state index < -0.39 is 0 Å². The van der Waals surface area contributed by atoms with Gasteiger partial charge in [0.05, 0.1) is 5.69 Å². The van der Waals surface area contributed by atoms with Crippen LogP contribution in [0, 0.1) is 0 Å². The summed E-state index contributed by atoms with van der Waals surface area (Å²) < 4.78 is 0. The summed E-state index contributed by atoms with van der Waals surface area (Å²) in [6.07, 6.45) is 3.55. The number of nitrogens with two attached hydrogens (primary N) is 1. The zero-order valence-corrected chi connectivity index (χ0v) is 12.3. The number of nitrogens with zero attached hydrogens (tertiary/aromatic N) is 2. The molecule has 1 aromatic heterocycles. The van der Waals surface area contributed by atoms with Gasteiger partial charge in [-0.2, -0.15) is 0 Å². The molecule has 0 bridgehead atoms. The molecule has 0 aliphatic heterocycles. The highest BCUT2D eigenvalue weighted by atomic mass is 32.1. The molecule has 0 amide bonds. The molecule has 0 spiro atoms. The Morgan fingerprint density at radius 3 is 2.65 bits per heavy atom. The van der Waals surface area contributed by atoms with Gasteiger partial charge in [0.2, 0.25) is 0 Å². The predicted octanol–water partition coefficient (Wildman–Crippen LogP) is 3.35. The maximum absolute atomic E-state index is 5.81. The molecule has 0 aromatic carbocycles. The van der Waals surface area contributed by atoms with Crippen LogP contribution in [0.25, 0.3) is 0 Å². The van der Waals surface area contributed by atoms with E-state index in [0.717, 1.165) is 18.1 Å². The molecule has 0 radical (unpaired) electrons. The zero-order chi connectivity index (χ0) is 12.8. The minimum absolute atomic E-state index is 0.512. The van der Waals surface area contributed by atoms with Crippen LogP contribution in [0.2, 0.25) is 0 Å². The lowest BCUT2D eigenvalue weighted by molar-refractivity contribution is 0.700. The van der Waals surface area contributed by atoms with Crippen molar-refractivity contribution < 1.29 is 0 Å². The van der Waals surface area contributed by atoms with E-state index in [1.54, 1.807) is 11.3 Å². The highest BCUT2D eigenvalue weighted by Crippen LogP contribution is 2.31. The molecule has 1 aromatic rings. The molecular formula is C13H25N3S. The van der Waals surface area contributed by atoms with E-state index in [4.69, 9.17) is 10.7 Å². The van der Waals surface area contributed by atoms with Crippen LogP contribution in [0.1, 0.15) is 56.5 Å². The Morgan fingerprint density at radius 2 is 2.12 bits per heavy atom. The second kappa shape index (κ2) is 6.97. The standard InChI is InChI=1S/C13H25N3S/c1-5-7-8-16(4)13-15-12(10(3)6-2)11(9-14)17-13/h10H,5-9,14H2,1-4H3. The minimum Gasteiger partial charge on any atom is -0.351 e. The summed E-state index contributed by atoms with van der Waals surface area (Å²) in [5, 5.41) is 1.12. The van der Waals surface area contributed by atoms with Crippen molar-refractivity contribution in [2.75, 3.05) is 18.5 Å². The molecule has 1 unspecified atom stereocenters. The van der Waals surface area contributed by atoms with E-state index in [-0.39, 0.29) is 0 Å². The SMILES string of the molecule is CCCCN(C)c1nc(C(C)CC)c(CN)s1. The first kappa shape index (κ1) is 14.5. The van der Waals surface area contributed by atoms with Crippen LogP contribution in [-0.4, -0.2) is 18.6 Å². The van der Waals surface area contributed by atoms with Gasteiger partial charge < -0.3 is 10.6 Å². The number of aromatic nitrogens is 1. The lowest BCUT2D eigenvalue weighted by Crippen LogP contribution is -2.18. The Kier molecular flexibility index (Phi) is 5.92. The topological polar surface area (TPSA) is 42.2 Å². The Bertz CT molecular complexity index is 335. The minimum atomic E-state index is 0.512. The van der Waals surface area contributed by atoms with Crippen molar-refractivity contribution in [2.45, 2.75) is 52.5 Å². The third-order valence-electron chi connectivity index (χ3n) is 3.15. The van der Waals surface area contributed by atoms with Gasteiger partial charge in [0.15, 0.2) is 5.13 Å². The average Bonchev–Trinajstić information content (AvgIpc) is 2.79. The number of unbranched alkanes of at least 4 members (excludes halogenated alkanes) is 1. The molecule has 3 nitrogen and oxygen atoms in total. The second-order valence-corrected chi connectivity index (χ2v) is 5.66. The van der Waals surface area contributed by atoms with Crippen molar-refractivity contribution >= 4 is 16.5 Å². The summed E-state index contributed by atoms with van der Waals surface area (Å²) in [4.78, 5) is 8.27. The van der Waals surface area contributed by atoms with E-state index in [1.165, 1.54) is 23.4 Å². The third kappa shape index (κ3) is 3.68. The molecular weight excluding hydrogens is 230 g/mol. The monoisotopic (exact) mass is 255 g/mol. The van der Waals surface area contributed by atoms with Crippen molar-refractivity contribution in [3.63, 3.8) is 0 Å². The highest BCUT2D eigenvalue weighted by molar-refractivity contribution is 7.15. The third-order valence-corrected chi connectivity index (χ3v) is 4.36. The smallest absolute Gasteiger partial charge is 0.185 e. The normalized spacial score (nSPS) is 12.8. The van der Waals surface area contributed by atoms with E-state index in [9.17, 15) is 0 Å².